The van der Waals surface area contributed by atoms with Crippen LogP contribution in [0.15, 0.2) is 24.9 Å². The number of hydrogen-bond acceptors (Lipinski definition) is 2. The van der Waals surface area contributed by atoms with Gasteiger partial charge in [-0.2, -0.15) is 0 Å². The SMILES string of the molecule is C=Cc1c(C(=O)O)[nH]c2ncccc12. The summed E-state index contributed by atoms with van der Waals surface area (Å²) in [7, 11) is 0. The predicted octanol–water partition coefficient (Wildman–Crippen LogP) is 1.90. The molecule has 0 saturated heterocycles. The van der Waals surface area contributed by atoms with Crippen LogP contribution in [0.25, 0.3) is 17.1 Å². The molecule has 70 valence electrons. The van der Waals surface area contributed by atoms with Gasteiger partial charge >= 0.3 is 5.97 Å². The molecule has 0 radical (unpaired) electrons. The Labute approximate surface area is 79.9 Å². The van der Waals surface area contributed by atoms with Gasteiger partial charge in [0.05, 0.1) is 0 Å². The minimum absolute atomic E-state index is 0.133. The molecule has 0 fully saturated rings. The highest BCUT2D eigenvalue weighted by atomic mass is 16.4. The van der Waals surface area contributed by atoms with Crippen LogP contribution in [0, 0.1) is 0 Å². The molecule has 0 bridgehead atoms. The Bertz CT molecular complexity index is 514. The van der Waals surface area contributed by atoms with E-state index in [-0.39, 0.29) is 5.69 Å². The zero-order valence-electron chi connectivity index (χ0n) is 7.32. The number of carboxylic acid groups (broad SMARTS) is 1. The van der Waals surface area contributed by atoms with Crippen LogP contribution in [-0.2, 0) is 0 Å². The fourth-order valence-corrected chi connectivity index (χ4v) is 1.42. The molecule has 0 unspecified atom stereocenters. The van der Waals surface area contributed by atoms with Gasteiger partial charge in [-0.05, 0) is 12.1 Å². The van der Waals surface area contributed by atoms with Crippen LogP contribution in [0.3, 0.4) is 0 Å². The molecule has 2 N–H and O–H groups in total. The molecule has 2 rings (SSSR count). The standard InChI is InChI=1S/C10H8N2O2/c1-2-6-7-4-3-5-11-9(7)12-8(6)10(13)14/h2-5H,1H2,(H,11,12)(H,13,14). The van der Waals surface area contributed by atoms with Crippen molar-refractivity contribution in [2.45, 2.75) is 0 Å². The summed E-state index contributed by atoms with van der Waals surface area (Å²) >= 11 is 0. The fraction of sp³-hybridized carbons (Fsp3) is 0. The third kappa shape index (κ3) is 1.08. The number of hydrogen-bond donors (Lipinski definition) is 2. The maximum absolute atomic E-state index is 10.8. The third-order valence-electron chi connectivity index (χ3n) is 2.03. The van der Waals surface area contributed by atoms with Crippen molar-refractivity contribution in [1.29, 1.82) is 0 Å². The number of H-pyrrole nitrogens is 1. The summed E-state index contributed by atoms with van der Waals surface area (Å²) in [4.78, 5) is 17.6. The smallest absolute Gasteiger partial charge is 0.353 e. The zero-order valence-corrected chi connectivity index (χ0v) is 7.32. The summed E-state index contributed by atoms with van der Waals surface area (Å²) in [5, 5.41) is 9.67. The van der Waals surface area contributed by atoms with E-state index in [0.29, 0.717) is 11.2 Å². The van der Waals surface area contributed by atoms with Crippen LogP contribution in [0.1, 0.15) is 16.1 Å². The summed E-state index contributed by atoms with van der Waals surface area (Å²) in [5.41, 5.74) is 1.29. The number of aromatic amines is 1. The van der Waals surface area contributed by atoms with E-state index in [1.54, 1.807) is 12.3 Å². The highest BCUT2D eigenvalue weighted by molar-refractivity contribution is 6.00. The molecule has 0 saturated carbocycles. The summed E-state index contributed by atoms with van der Waals surface area (Å²) in [6.45, 7) is 3.59. The number of nitrogens with zero attached hydrogens (tertiary/aromatic N) is 1. The molecule has 0 spiro atoms. The van der Waals surface area contributed by atoms with Gasteiger partial charge in [-0.3, -0.25) is 0 Å². The number of nitrogens with one attached hydrogen (secondary N) is 1. The predicted molar refractivity (Wildman–Crippen MR) is 53.1 cm³/mol. The van der Waals surface area contributed by atoms with E-state index >= 15 is 0 Å². The van der Waals surface area contributed by atoms with E-state index in [1.807, 2.05) is 6.07 Å². The van der Waals surface area contributed by atoms with Crippen molar-refractivity contribution in [1.82, 2.24) is 9.97 Å². The van der Waals surface area contributed by atoms with Gasteiger partial charge in [0.1, 0.15) is 11.3 Å². The van der Waals surface area contributed by atoms with E-state index in [4.69, 9.17) is 5.11 Å². The van der Waals surface area contributed by atoms with Crippen molar-refractivity contribution in [2.75, 3.05) is 0 Å². The van der Waals surface area contributed by atoms with Crippen molar-refractivity contribution >= 4 is 23.1 Å². The molecule has 0 aliphatic heterocycles. The summed E-state index contributed by atoms with van der Waals surface area (Å²) in [6.07, 6.45) is 3.13. The first-order chi connectivity index (χ1) is 6.74. The highest BCUT2D eigenvalue weighted by Crippen LogP contribution is 2.21. The zero-order chi connectivity index (χ0) is 10.1. The lowest BCUT2D eigenvalue weighted by atomic mass is 10.1. The first-order valence-corrected chi connectivity index (χ1v) is 4.06. The molecular formula is C10H8N2O2. The largest absolute Gasteiger partial charge is 0.477 e. The van der Waals surface area contributed by atoms with Crippen molar-refractivity contribution < 1.29 is 9.90 Å². The molecular weight excluding hydrogens is 180 g/mol. The molecule has 0 amide bonds. The number of carbonyl (C=O) groups is 1. The molecule has 0 aliphatic rings. The third-order valence-corrected chi connectivity index (χ3v) is 2.03. The Morgan fingerprint density at radius 3 is 3.07 bits per heavy atom. The summed E-state index contributed by atoms with van der Waals surface area (Å²) in [5.74, 6) is -1.00. The maximum Gasteiger partial charge on any atom is 0.353 e. The van der Waals surface area contributed by atoms with Crippen LogP contribution < -0.4 is 0 Å². The van der Waals surface area contributed by atoms with Crippen LogP contribution >= 0.6 is 0 Å². The Balaban J connectivity index is 2.85. The number of carboxylic acids is 1. The Hall–Kier alpha value is -2.10. The molecule has 2 aromatic heterocycles. The number of pyridine rings is 1. The number of aromatic carboxylic acids is 1. The summed E-state index contributed by atoms with van der Waals surface area (Å²) < 4.78 is 0. The van der Waals surface area contributed by atoms with Gasteiger partial charge in [-0.25, -0.2) is 9.78 Å². The number of rotatable bonds is 2. The van der Waals surface area contributed by atoms with Gasteiger partial charge in [-0.1, -0.05) is 12.7 Å². The fourth-order valence-electron chi connectivity index (χ4n) is 1.42. The van der Waals surface area contributed by atoms with E-state index in [0.717, 1.165) is 5.39 Å². The number of fused-ring (bicyclic) bond motifs is 1. The normalized spacial score (nSPS) is 10.3. The molecule has 0 aliphatic carbocycles. The van der Waals surface area contributed by atoms with E-state index < -0.39 is 5.97 Å². The molecule has 0 atom stereocenters. The average molecular weight is 188 g/mol. The van der Waals surface area contributed by atoms with E-state index in [1.165, 1.54) is 6.08 Å². The average Bonchev–Trinajstić information content (AvgIpc) is 2.56. The Morgan fingerprint density at radius 2 is 2.43 bits per heavy atom. The van der Waals surface area contributed by atoms with E-state index in [2.05, 4.69) is 16.5 Å². The first-order valence-electron chi connectivity index (χ1n) is 4.06. The Kier molecular flexibility index (Phi) is 1.81. The topological polar surface area (TPSA) is 66.0 Å². The van der Waals surface area contributed by atoms with Gasteiger partial charge in [0.15, 0.2) is 0 Å². The molecule has 4 nitrogen and oxygen atoms in total. The minimum atomic E-state index is -1.00. The van der Waals surface area contributed by atoms with Crippen molar-refractivity contribution in [3.05, 3.63) is 36.2 Å². The highest BCUT2D eigenvalue weighted by Gasteiger charge is 2.14. The second-order valence-corrected chi connectivity index (χ2v) is 2.82. The van der Waals surface area contributed by atoms with Crippen LogP contribution in [-0.4, -0.2) is 21.0 Å². The Morgan fingerprint density at radius 1 is 1.64 bits per heavy atom. The van der Waals surface area contributed by atoms with Crippen LogP contribution in [0.4, 0.5) is 0 Å². The quantitative estimate of drug-likeness (QED) is 0.756. The van der Waals surface area contributed by atoms with Gasteiger partial charge in [0, 0.05) is 17.1 Å². The molecule has 4 heteroatoms. The van der Waals surface area contributed by atoms with Crippen molar-refractivity contribution in [3.63, 3.8) is 0 Å². The lowest BCUT2D eigenvalue weighted by molar-refractivity contribution is 0.0691. The number of aromatic nitrogens is 2. The second kappa shape index (κ2) is 2.99. The molecule has 2 aromatic rings. The van der Waals surface area contributed by atoms with Gasteiger partial charge in [0.2, 0.25) is 0 Å². The monoisotopic (exact) mass is 188 g/mol. The maximum atomic E-state index is 10.8. The van der Waals surface area contributed by atoms with Crippen LogP contribution in [0.2, 0.25) is 0 Å². The molecule has 2 heterocycles. The lowest BCUT2D eigenvalue weighted by Crippen LogP contribution is -1.98. The first kappa shape index (κ1) is 8.50. The molecule has 14 heavy (non-hydrogen) atoms. The van der Waals surface area contributed by atoms with E-state index in [9.17, 15) is 4.79 Å². The summed E-state index contributed by atoms with van der Waals surface area (Å²) in [6, 6.07) is 3.57. The second-order valence-electron chi connectivity index (χ2n) is 2.82. The lowest BCUT2D eigenvalue weighted by Gasteiger charge is -1.91. The van der Waals surface area contributed by atoms with Crippen molar-refractivity contribution in [3.8, 4) is 0 Å². The van der Waals surface area contributed by atoms with Crippen LogP contribution in [0.5, 0.6) is 0 Å². The van der Waals surface area contributed by atoms with Crippen molar-refractivity contribution in [2.24, 2.45) is 0 Å². The van der Waals surface area contributed by atoms with Gasteiger partial charge in [0.25, 0.3) is 0 Å². The van der Waals surface area contributed by atoms with Gasteiger partial charge in [-0.15, -0.1) is 0 Å². The molecule has 0 aromatic carbocycles. The minimum Gasteiger partial charge on any atom is -0.477 e. The van der Waals surface area contributed by atoms with Gasteiger partial charge < -0.3 is 10.1 Å².